The van der Waals surface area contributed by atoms with Crippen LogP contribution in [-0.4, -0.2) is 25.1 Å². The number of benzene rings is 1. The minimum absolute atomic E-state index is 0. The molecule has 0 aromatic heterocycles. The van der Waals surface area contributed by atoms with Gasteiger partial charge < -0.3 is 10.6 Å². The Balaban J connectivity index is 0.00000162. The summed E-state index contributed by atoms with van der Waals surface area (Å²) in [6, 6.07) is 6.62. The fraction of sp³-hybridized carbons (Fsp3) is 0.455. The maximum absolute atomic E-state index is 12.4. The number of hydrogen-bond donors (Lipinski definition) is 2. The van der Waals surface area contributed by atoms with Crippen molar-refractivity contribution in [2.75, 3.05) is 19.6 Å². The van der Waals surface area contributed by atoms with Gasteiger partial charge in [-0.3, -0.25) is 0 Å². The van der Waals surface area contributed by atoms with Crippen LogP contribution in [0.4, 0.5) is 13.2 Å². The molecule has 1 saturated heterocycles. The van der Waals surface area contributed by atoms with Gasteiger partial charge in [-0.15, -0.1) is 12.4 Å². The van der Waals surface area contributed by atoms with Crippen molar-refractivity contribution in [2.24, 2.45) is 0 Å². The Morgan fingerprint density at radius 3 is 2.50 bits per heavy atom. The summed E-state index contributed by atoms with van der Waals surface area (Å²) in [4.78, 5) is 0.279. The highest BCUT2D eigenvalue weighted by molar-refractivity contribution is 8.00. The van der Waals surface area contributed by atoms with Crippen LogP contribution in [-0.2, 0) is 0 Å². The number of piperazine rings is 1. The molecule has 1 fully saturated rings. The summed E-state index contributed by atoms with van der Waals surface area (Å²) < 4.78 is 37.2. The monoisotopic (exact) mass is 298 g/mol. The van der Waals surface area contributed by atoms with E-state index in [4.69, 9.17) is 0 Å². The molecular formula is C11H14ClF3N2S. The average Bonchev–Trinajstić information content (AvgIpc) is 2.29. The van der Waals surface area contributed by atoms with Crippen LogP contribution < -0.4 is 10.6 Å². The van der Waals surface area contributed by atoms with Crippen LogP contribution >= 0.6 is 24.2 Å². The van der Waals surface area contributed by atoms with E-state index >= 15 is 0 Å². The number of alkyl halides is 3. The van der Waals surface area contributed by atoms with Crippen LogP contribution in [0.2, 0.25) is 0 Å². The molecule has 18 heavy (non-hydrogen) atoms. The predicted molar refractivity (Wildman–Crippen MR) is 69.2 cm³/mol. The highest BCUT2D eigenvalue weighted by Gasteiger charge is 2.31. The molecule has 0 bridgehead atoms. The van der Waals surface area contributed by atoms with E-state index in [1.807, 2.05) is 0 Å². The average molecular weight is 299 g/mol. The first-order chi connectivity index (χ1) is 8.06. The maximum atomic E-state index is 12.4. The van der Waals surface area contributed by atoms with Gasteiger partial charge in [-0.05, 0) is 23.4 Å². The molecule has 1 aliphatic rings. The molecule has 0 amide bonds. The normalized spacial score (nSPS) is 20.3. The van der Waals surface area contributed by atoms with E-state index in [1.165, 1.54) is 6.07 Å². The molecule has 1 aliphatic heterocycles. The number of thioether (sulfide) groups is 1. The van der Waals surface area contributed by atoms with Crippen molar-refractivity contribution in [2.45, 2.75) is 16.4 Å². The lowest BCUT2D eigenvalue weighted by molar-refractivity contribution is -0.0328. The van der Waals surface area contributed by atoms with Gasteiger partial charge in [0.05, 0.1) is 0 Å². The third-order valence-corrected chi connectivity index (χ3v) is 3.38. The predicted octanol–water partition coefficient (Wildman–Crippen LogP) is 2.95. The van der Waals surface area contributed by atoms with Crippen molar-refractivity contribution >= 4 is 24.2 Å². The second-order valence-electron chi connectivity index (χ2n) is 3.80. The van der Waals surface area contributed by atoms with E-state index in [2.05, 4.69) is 10.6 Å². The molecule has 0 aliphatic carbocycles. The van der Waals surface area contributed by atoms with Gasteiger partial charge in [0, 0.05) is 30.6 Å². The minimum atomic E-state index is -4.24. The summed E-state index contributed by atoms with van der Waals surface area (Å²) in [6.45, 7) is 2.29. The van der Waals surface area contributed by atoms with Gasteiger partial charge in [-0.25, -0.2) is 0 Å². The van der Waals surface area contributed by atoms with Crippen molar-refractivity contribution in [3.05, 3.63) is 29.8 Å². The number of rotatable bonds is 2. The second kappa shape index (κ2) is 6.65. The van der Waals surface area contributed by atoms with E-state index in [-0.39, 0.29) is 35.1 Å². The summed E-state index contributed by atoms with van der Waals surface area (Å²) in [5, 5.41) is 6.39. The van der Waals surface area contributed by atoms with Gasteiger partial charge >= 0.3 is 5.51 Å². The van der Waals surface area contributed by atoms with Crippen molar-refractivity contribution < 1.29 is 13.2 Å². The smallest absolute Gasteiger partial charge is 0.314 e. The number of halogens is 4. The van der Waals surface area contributed by atoms with E-state index < -0.39 is 5.51 Å². The van der Waals surface area contributed by atoms with Crippen molar-refractivity contribution in [1.82, 2.24) is 10.6 Å². The Kier molecular flexibility index (Phi) is 5.78. The Morgan fingerprint density at radius 2 is 1.89 bits per heavy atom. The van der Waals surface area contributed by atoms with E-state index in [1.54, 1.807) is 18.2 Å². The Labute approximate surface area is 114 Å². The summed E-state index contributed by atoms with van der Waals surface area (Å²) >= 11 is -0.0468. The standard InChI is InChI=1S/C11H13F3N2S.ClH/c12-11(13,14)17-10-4-2-1-3-8(10)9-7-15-5-6-16-9;/h1-4,9,15-16H,5-7H2;1H/t9-;/m0./s1. The summed E-state index contributed by atoms with van der Waals surface area (Å²) in [5.41, 5.74) is -3.53. The first-order valence-electron chi connectivity index (χ1n) is 5.35. The van der Waals surface area contributed by atoms with E-state index in [0.717, 1.165) is 13.1 Å². The molecule has 2 rings (SSSR count). The maximum Gasteiger partial charge on any atom is 0.446 e. The zero-order valence-electron chi connectivity index (χ0n) is 9.46. The Morgan fingerprint density at radius 1 is 1.17 bits per heavy atom. The van der Waals surface area contributed by atoms with Gasteiger partial charge in [0.2, 0.25) is 0 Å². The molecule has 1 atom stereocenters. The zero-order chi connectivity index (χ0) is 12.3. The lowest BCUT2D eigenvalue weighted by Crippen LogP contribution is -2.42. The highest BCUT2D eigenvalue weighted by Crippen LogP contribution is 2.40. The quantitative estimate of drug-likeness (QED) is 0.821. The fourth-order valence-electron chi connectivity index (χ4n) is 1.86. The highest BCUT2D eigenvalue weighted by atomic mass is 35.5. The molecule has 2 nitrogen and oxygen atoms in total. The minimum Gasteiger partial charge on any atom is -0.314 e. The molecule has 0 unspecified atom stereocenters. The molecule has 102 valence electrons. The molecule has 1 heterocycles. The van der Waals surface area contributed by atoms with Crippen LogP contribution in [0.15, 0.2) is 29.2 Å². The molecular weight excluding hydrogens is 285 g/mol. The number of nitrogens with one attached hydrogen (secondary N) is 2. The third kappa shape index (κ3) is 4.35. The second-order valence-corrected chi connectivity index (χ2v) is 4.90. The zero-order valence-corrected chi connectivity index (χ0v) is 11.1. The molecule has 1 aromatic carbocycles. The van der Waals surface area contributed by atoms with Gasteiger partial charge in [0.15, 0.2) is 0 Å². The van der Waals surface area contributed by atoms with Crippen LogP contribution in [0.25, 0.3) is 0 Å². The molecule has 7 heteroatoms. The molecule has 2 N–H and O–H groups in total. The van der Waals surface area contributed by atoms with E-state index in [9.17, 15) is 13.2 Å². The topological polar surface area (TPSA) is 24.1 Å². The first kappa shape index (κ1) is 15.6. The number of hydrogen-bond acceptors (Lipinski definition) is 3. The molecule has 0 saturated carbocycles. The van der Waals surface area contributed by atoms with Crippen LogP contribution in [0.5, 0.6) is 0 Å². The van der Waals surface area contributed by atoms with Gasteiger partial charge in [0.1, 0.15) is 0 Å². The Hall–Kier alpha value is -0.430. The van der Waals surface area contributed by atoms with Gasteiger partial charge in [-0.1, -0.05) is 18.2 Å². The van der Waals surface area contributed by atoms with Crippen molar-refractivity contribution in [3.63, 3.8) is 0 Å². The van der Waals surface area contributed by atoms with Gasteiger partial charge in [0.25, 0.3) is 0 Å². The Bertz CT molecular complexity index is 381. The largest absolute Gasteiger partial charge is 0.446 e. The fourth-order valence-corrected chi connectivity index (χ4v) is 2.58. The molecule has 1 aromatic rings. The van der Waals surface area contributed by atoms with Crippen LogP contribution in [0.3, 0.4) is 0 Å². The molecule has 0 spiro atoms. The van der Waals surface area contributed by atoms with Crippen LogP contribution in [0, 0.1) is 0 Å². The van der Waals surface area contributed by atoms with E-state index in [0.29, 0.717) is 12.1 Å². The lowest BCUT2D eigenvalue weighted by atomic mass is 10.1. The van der Waals surface area contributed by atoms with Crippen molar-refractivity contribution in [1.29, 1.82) is 0 Å². The third-order valence-electron chi connectivity index (χ3n) is 2.56. The summed E-state index contributed by atoms with van der Waals surface area (Å²) in [7, 11) is 0. The van der Waals surface area contributed by atoms with Crippen molar-refractivity contribution in [3.8, 4) is 0 Å². The summed E-state index contributed by atoms with van der Waals surface area (Å²) in [5.74, 6) is 0. The SMILES string of the molecule is Cl.FC(F)(F)Sc1ccccc1[C@@H]1CNCCN1. The van der Waals surface area contributed by atoms with Crippen LogP contribution in [0.1, 0.15) is 11.6 Å². The molecule has 0 radical (unpaired) electrons. The first-order valence-corrected chi connectivity index (χ1v) is 6.17. The van der Waals surface area contributed by atoms with Gasteiger partial charge in [-0.2, -0.15) is 13.2 Å². The summed E-state index contributed by atoms with van der Waals surface area (Å²) in [6.07, 6.45) is 0. The lowest BCUT2D eigenvalue weighted by Gasteiger charge is -2.26.